The molecule has 21 heavy (non-hydrogen) atoms. The molecule has 1 aromatic rings. The Morgan fingerprint density at radius 2 is 2.00 bits per heavy atom. The molecule has 1 fully saturated rings. The molecule has 1 aromatic carbocycles. The third-order valence-electron chi connectivity index (χ3n) is 4.26. The molecule has 1 amide bonds. The lowest BCUT2D eigenvalue weighted by Crippen LogP contribution is -2.47. The fraction of sp³-hybridized carbons (Fsp3) is 0.588. The van der Waals surface area contributed by atoms with Crippen molar-refractivity contribution < 1.29 is 9.53 Å². The van der Waals surface area contributed by atoms with Crippen LogP contribution in [0.1, 0.15) is 37.2 Å². The van der Waals surface area contributed by atoms with Crippen molar-refractivity contribution in [3.63, 3.8) is 0 Å². The highest BCUT2D eigenvalue weighted by atomic mass is 16.5. The quantitative estimate of drug-likeness (QED) is 0.817. The number of amides is 1. The SMILES string of the molecule is COCCCC(N)C(=O)N1CCC(c2ccccc2)CC1. The average molecular weight is 290 g/mol. The third-order valence-corrected chi connectivity index (χ3v) is 4.26. The zero-order valence-electron chi connectivity index (χ0n) is 12.8. The third kappa shape index (κ3) is 4.55. The summed E-state index contributed by atoms with van der Waals surface area (Å²) in [5.74, 6) is 0.664. The first kappa shape index (κ1) is 16.0. The summed E-state index contributed by atoms with van der Waals surface area (Å²) >= 11 is 0. The molecular weight excluding hydrogens is 264 g/mol. The fourth-order valence-electron chi connectivity index (χ4n) is 2.96. The molecule has 2 rings (SSSR count). The highest BCUT2D eigenvalue weighted by molar-refractivity contribution is 5.81. The van der Waals surface area contributed by atoms with Gasteiger partial charge in [0.15, 0.2) is 0 Å². The molecule has 0 aromatic heterocycles. The average Bonchev–Trinajstić information content (AvgIpc) is 2.55. The molecule has 4 heteroatoms. The van der Waals surface area contributed by atoms with Gasteiger partial charge in [-0.25, -0.2) is 0 Å². The molecule has 0 bridgehead atoms. The number of methoxy groups -OCH3 is 1. The van der Waals surface area contributed by atoms with Gasteiger partial charge in [0.1, 0.15) is 0 Å². The molecule has 1 saturated heterocycles. The lowest BCUT2D eigenvalue weighted by atomic mass is 9.89. The molecule has 0 radical (unpaired) electrons. The van der Waals surface area contributed by atoms with E-state index in [2.05, 4.69) is 24.3 Å². The topological polar surface area (TPSA) is 55.6 Å². The van der Waals surface area contributed by atoms with Gasteiger partial charge in [-0.1, -0.05) is 30.3 Å². The van der Waals surface area contributed by atoms with Crippen LogP contribution >= 0.6 is 0 Å². The number of carbonyl (C=O) groups excluding carboxylic acids is 1. The van der Waals surface area contributed by atoms with E-state index in [1.54, 1.807) is 7.11 Å². The standard InChI is InChI=1S/C17H26N2O2/c1-21-13-5-8-16(18)17(20)19-11-9-15(10-12-19)14-6-3-2-4-7-14/h2-4,6-7,15-16H,5,8-13,18H2,1H3. The second-order valence-corrected chi connectivity index (χ2v) is 5.75. The summed E-state index contributed by atoms with van der Waals surface area (Å²) < 4.78 is 5.00. The van der Waals surface area contributed by atoms with Crippen molar-refractivity contribution in [2.75, 3.05) is 26.8 Å². The molecule has 1 aliphatic rings. The first-order valence-corrected chi connectivity index (χ1v) is 7.80. The number of benzene rings is 1. The second kappa shape index (κ2) is 8.15. The molecule has 1 atom stereocenters. The normalized spacial score (nSPS) is 17.7. The van der Waals surface area contributed by atoms with Gasteiger partial charge in [0.05, 0.1) is 6.04 Å². The van der Waals surface area contributed by atoms with E-state index >= 15 is 0 Å². The van der Waals surface area contributed by atoms with E-state index in [1.165, 1.54) is 5.56 Å². The minimum Gasteiger partial charge on any atom is -0.385 e. The van der Waals surface area contributed by atoms with E-state index in [9.17, 15) is 4.79 Å². The number of hydrogen-bond acceptors (Lipinski definition) is 3. The molecule has 1 heterocycles. The lowest BCUT2D eigenvalue weighted by Gasteiger charge is -2.33. The lowest BCUT2D eigenvalue weighted by molar-refractivity contribution is -0.133. The number of rotatable bonds is 6. The number of ether oxygens (including phenoxy) is 1. The van der Waals surface area contributed by atoms with E-state index < -0.39 is 0 Å². The van der Waals surface area contributed by atoms with Crippen molar-refractivity contribution >= 4 is 5.91 Å². The minimum absolute atomic E-state index is 0.0950. The first-order chi connectivity index (χ1) is 10.2. The van der Waals surface area contributed by atoms with Crippen LogP contribution in [0.5, 0.6) is 0 Å². The van der Waals surface area contributed by atoms with E-state index in [4.69, 9.17) is 10.5 Å². The monoisotopic (exact) mass is 290 g/mol. The van der Waals surface area contributed by atoms with Gasteiger partial charge in [-0.3, -0.25) is 4.79 Å². The Kier molecular flexibility index (Phi) is 6.21. The van der Waals surface area contributed by atoms with Gasteiger partial charge < -0.3 is 15.4 Å². The zero-order chi connectivity index (χ0) is 15.1. The van der Waals surface area contributed by atoms with Crippen LogP contribution in [0.2, 0.25) is 0 Å². The maximum atomic E-state index is 12.3. The number of nitrogens with zero attached hydrogens (tertiary/aromatic N) is 1. The van der Waals surface area contributed by atoms with Crippen LogP contribution in [-0.4, -0.2) is 43.7 Å². The molecule has 0 aliphatic carbocycles. The maximum Gasteiger partial charge on any atom is 0.239 e. The number of likely N-dealkylation sites (tertiary alicyclic amines) is 1. The van der Waals surface area contributed by atoms with E-state index in [0.717, 1.165) is 32.4 Å². The van der Waals surface area contributed by atoms with Crippen molar-refractivity contribution in [1.82, 2.24) is 4.90 Å². The van der Waals surface area contributed by atoms with Crippen molar-refractivity contribution in [2.24, 2.45) is 5.73 Å². The van der Waals surface area contributed by atoms with Crippen molar-refractivity contribution in [3.05, 3.63) is 35.9 Å². The Balaban J connectivity index is 1.79. The Labute approximate surface area is 127 Å². The van der Waals surface area contributed by atoms with Gasteiger partial charge in [-0.05, 0) is 37.2 Å². The first-order valence-electron chi connectivity index (χ1n) is 7.80. The van der Waals surface area contributed by atoms with E-state index in [1.807, 2.05) is 11.0 Å². The summed E-state index contributed by atoms with van der Waals surface area (Å²) in [5.41, 5.74) is 7.37. The smallest absolute Gasteiger partial charge is 0.239 e. The second-order valence-electron chi connectivity index (χ2n) is 5.75. The molecule has 2 N–H and O–H groups in total. The van der Waals surface area contributed by atoms with E-state index in [0.29, 0.717) is 18.9 Å². The summed E-state index contributed by atoms with van der Waals surface area (Å²) in [6.07, 6.45) is 3.59. The van der Waals surface area contributed by atoms with Crippen LogP contribution in [0.25, 0.3) is 0 Å². The van der Waals surface area contributed by atoms with Crippen LogP contribution in [0.15, 0.2) is 30.3 Å². The Morgan fingerprint density at radius 1 is 1.33 bits per heavy atom. The van der Waals surface area contributed by atoms with Crippen molar-refractivity contribution in [2.45, 2.75) is 37.6 Å². The molecule has 0 saturated carbocycles. The summed E-state index contributed by atoms with van der Waals surface area (Å²) in [5, 5.41) is 0. The van der Waals surface area contributed by atoms with Crippen LogP contribution in [-0.2, 0) is 9.53 Å². The van der Waals surface area contributed by atoms with Gasteiger partial charge in [0.2, 0.25) is 5.91 Å². The summed E-state index contributed by atoms with van der Waals surface area (Å²) in [7, 11) is 1.67. The van der Waals surface area contributed by atoms with Gasteiger partial charge in [-0.15, -0.1) is 0 Å². The molecule has 1 unspecified atom stereocenters. The number of hydrogen-bond donors (Lipinski definition) is 1. The van der Waals surface area contributed by atoms with Crippen molar-refractivity contribution in [3.8, 4) is 0 Å². The van der Waals surface area contributed by atoms with Crippen LogP contribution in [0.3, 0.4) is 0 Å². The van der Waals surface area contributed by atoms with Crippen molar-refractivity contribution in [1.29, 1.82) is 0 Å². The molecule has 0 spiro atoms. The molecule has 116 valence electrons. The van der Waals surface area contributed by atoms with Gasteiger partial charge in [0.25, 0.3) is 0 Å². The van der Waals surface area contributed by atoms with E-state index in [-0.39, 0.29) is 11.9 Å². The number of piperidine rings is 1. The fourth-order valence-corrected chi connectivity index (χ4v) is 2.96. The van der Waals surface area contributed by atoms with Gasteiger partial charge in [-0.2, -0.15) is 0 Å². The highest BCUT2D eigenvalue weighted by Crippen LogP contribution is 2.27. The van der Waals surface area contributed by atoms with Gasteiger partial charge in [0, 0.05) is 26.8 Å². The summed E-state index contributed by atoms with van der Waals surface area (Å²) in [4.78, 5) is 14.2. The number of nitrogens with two attached hydrogens (primary N) is 1. The van der Waals surface area contributed by atoms with Crippen LogP contribution in [0, 0.1) is 0 Å². The highest BCUT2D eigenvalue weighted by Gasteiger charge is 2.26. The summed E-state index contributed by atoms with van der Waals surface area (Å²) in [6, 6.07) is 10.2. The predicted octanol–water partition coefficient (Wildman–Crippen LogP) is 2.15. The summed E-state index contributed by atoms with van der Waals surface area (Å²) in [6.45, 7) is 2.30. The molecule has 1 aliphatic heterocycles. The number of carbonyl (C=O) groups is 1. The Hall–Kier alpha value is -1.39. The largest absolute Gasteiger partial charge is 0.385 e. The van der Waals surface area contributed by atoms with Crippen LogP contribution < -0.4 is 5.73 Å². The van der Waals surface area contributed by atoms with Crippen LogP contribution in [0.4, 0.5) is 0 Å². The predicted molar refractivity (Wildman–Crippen MR) is 84.1 cm³/mol. The molecular formula is C17H26N2O2. The molecule has 4 nitrogen and oxygen atoms in total. The minimum atomic E-state index is -0.381. The Bertz CT molecular complexity index is 428. The Morgan fingerprint density at radius 3 is 2.62 bits per heavy atom. The maximum absolute atomic E-state index is 12.3. The van der Waals surface area contributed by atoms with Gasteiger partial charge >= 0.3 is 0 Å². The zero-order valence-corrected chi connectivity index (χ0v) is 12.8.